The van der Waals surface area contributed by atoms with Crippen LogP contribution in [0, 0.1) is 5.92 Å². The minimum Gasteiger partial charge on any atom is -0.480 e. The summed E-state index contributed by atoms with van der Waals surface area (Å²) >= 11 is 0. The van der Waals surface area contributed by atoms with E-state index in [4.69, 9.17) is 61.9 Å². The second-order valence-corrected chi connectivity index (χ2v) is 11.4. The third-order valence-corrected chi connectivity index (χ3v) is 6.95. The predicted octanol–water partition coefficient (Wildman–Crippen LogP) is 1.15. The molecule has 0 heterocycles. The van der Waals surface area contributed by atoms with Crippen LogP contribution in [-0.2, 0) is 76.0 Å². The van der Waals surface area contributed by atoms with E-state index in [-0.39, 0.29) is 25.1 Å². The first-order valence-electron chi connectivity index (χ1n) is 19.1. The van der Waals surface area contributed by atoms with E-state index in [1.807, 2.05) is 6.92 Å². The van der Waals surface area contributed by atoms with Gasteiger partial charge < -0.3 is 72.0 Å². The van der Waals surface area contributed by atoms with Gasteiger partial charge in [0, 0.05) is 6.54 Å². The van der Waals surface area contributed by atoms with Gasteiger partial charge in [-0.3, -0.25) is 9.59 Å². The Kier molecular flexibility index (Phi) is 42.0. The second-order valence-electron chi connectivity index (χ2n) is 11.4. The molecule has 0 saturated carbocycles. The summed E-state index contributed by atoms with van der Waals surface area (Å²) in [4.78, 5) is 33.7. The van der Waals surface area contributed by atoms with Crippen molar-refractivity contribution in [1.29, 1.82) is 0 Å². The van der Waals surface area contributed by atoms with E-state index in [0.29, 0.717) is 152 Å². The van der Waals surface area contributed by atoms with Crippen LogP contribution in [0.3, 0.4) is 0 Å². The van der Waals surface area contributed by atoms with Crippen LogP contribution in [0.15, 0.2) is 0 Å². The van der Waals surface area contributed by atoms with E-state index < -0.39 is 18.5 Å². The fourth-order valence-electron chi connectivity index (χ4n) is 4.10. The summed E-state index contributed by atoms with van der Waals surface area (Å²) in [5.74, 6) is -1.67. The first-order valence-corrected chi connectivity index (χ1v) is 19.1. The number of carboxylic acid groups (broad SMARTS) is 1. The Bertz CT molecular complexity index is 826. The number of unbranched alkanes of at least 4 members (excludes halogenated alkanes) is 1. The lowest BCUT2D eigenvalue weighted by Crippen LogP contribution is -2.31. The van der Waals surface area contributed by atoms with Gasteiger partial charge in [-0.2, -0.15) is 0 Å². The molecule has 1 amide bonds. The Labute approximate surface area is 321 Å². The molecule has 0 aromatic rings. The molecule has 0 fully saturated rings. The fourth-order valence-corrected chi connectivity index (χ4v) is 4.10. The summed E-state index contributed by atoms with van der Waals surface area (Å²) < 4.78 is 69.9. The standard InChI is InChI=1S/C36H69NO17/c1-3-5-6-33(4-2)36(41)54-30-29-52-28-27-51-26-25-50-24-23-49-22-21-48-20-19-47-18-17-46-16-15-45-14-13-44-12-11-43-10-9-42-8-7-37-34(38)31-53-32-35(39)40/h33H,3-32H2,1-2H3,(H,37,38)(H,39,40). The molecule has 0 aliphatic rings. The molecular formula is C36H69NO17. The van der Waals surface area contributed by atoms with Gasteiger partial charge >= 0.3 is 11.9 Å². The topological polar surface area (TPSA) is 203 Å². The average Bonchev–Trinajstić information content (AvgIpc) is 3.16. The first-order chi connectivity index (χ1) is 26.5. The van der Waals surface area contributed by atoms with Gasteiger partial charge in [0.1, 0.15) is 19.8 Å². The van der Waals surface area contributed by atoms with Crippen molar-refractivity contribution in [2.45, 2.75) is 39.5 Å². The number of carbonyl (C=O) groups excluding carboxylic acids is 2. The molecule has 0 aliphatic heterocycles. The highest BCUT2D eigenvalue weighted by Gasteiger charge is 2.17. The molecule has 0 rings (SSSR count). The number of aliphatic carboxylic acids is 1. The zero-order valence-corrected chi connectivity index (χ0v) is 32.8. The van der Waals surface area contributed by atoms with Crippen LogP contribution in [0.4, 0.5) is 0 Å². The largest absolute Gasteiger partial charge is 0.480 e. The van der Waals surface area contributed by atoms with Gasteiger partial charge in [0.15, 0.2) is 0 Å². The Morgan fingerprint density at radius 2 is 0.796 bits per heavy atom. The predicted molar refractivity (Wildman–Crippen MR) is 195 cm³/mol. The van der Waals surface area contributed by atoms with Gasteiger partial charge in [0.05, 0.1) is 151 Å². The van der Waals surface area contributed by atoms with Crippen molar-refractivity contribution < 1.29 is 81.1 Å². The summed E-state index contributed by atoms with van der Waals surface area (Å²) in [5.41, 5.74) is 0. The van der Waals surface area contributed by atoms with Gasteiger partial charge in [-0.05, 0) is 12.8 Å². The molecule has 18 heteroatoms. The quantitative estimate of drug-likeness (QED) is 0.0656. The summed E-state index contributed by atoms with van der Waals surface area (Å²) in [6.45, 7) is 13.7. The third-order valence-electron chi connectivity index (χ3n) is 6.95. The maximum Gasteiger partial charge on any atom is 0.329 e. The molecule has 18 nitrogen and oxygen atoms in total. The molecule has 1 atom stereocenters. The number of rotatable bonds is 45. The van der Waals surface area contributed by atoms with Crippen LogP contribution in [0.25, 0.3) is 0 Å². The molecule has 2 N–H and O–H groups in total. The lowest BCUT2D eigenvalue weighted by molar-refractivity contribution is -0.150. The molecule has 0 aromatic heterocycles. The van der Waals surface area contributed by atoms with Crippen LogP contribution in [-0.4, -0.2) is 195 Å². The van der Waals surface area contributed by atoms with Gasteiger partial charge in [-0.25, -0.2) is 4.79 Å². The maximum atomic E-state index is 12.0. The number of carbonyl (C=O) groups is 3. The van der Waals surface area contributed by atoms with Gasteiger partial charge in [-0.15, -0.1) is 0 Å². The van der Waals surface area contributed by atoms with Crippen LogP contribution in [0.1, 0.15) is 39.5 Å². The highest BCUT2D eigenvalue weighted by atomic mass is 16.6. The van der Waals surface area contributed by atoms with E-state index in [0.717, 1.165) is 25.7 Å². The SMILES string of the molecule is CCCCC(CC)C(=O)OCCOCCOCCOCCOCCOCCOCCOCCOCCOCCOCCOCCNC(=O)COCC(=O)O. The van der Waals surface area contributed by atoms with Crippen LogP contribution >= 0.6 is 0 Å². The Balaban J connectivity index is 3.16. The van der Waals surface area contributed by atoms with Crippen molar-refractivity contribution in [3.05, 3.63) is 0 Å². The molecule has 0 radical (unpaired) electrons. The number of esters is 1. The Morgan fingerprint density at radius 3 is 1.11 bits per heavy atom. The Morgan fingerprint density at radius 1 is 0.463 bits per heavy atom. The smallest absolute Gasteiger partial charge is 0.329 e. The van der Waals surface area contributed by atoms with Crippen molar-refractivity contribution >= 4 is 17.8 Å². The van der Waals surface area contributed by atoms with Gasteiger partial charge in [0.2, 0.25) is 5.91 Å². The van der Waals surface area contributed by atoms with Crippen molar-refractivity contribution in [3.8, 4) is 0 Å². The number of carboxylic acids is 1. The van der Waals surface area contributed by atoms with Crippen LogP contribution in [0.5, 0.6) is 0 Å². The molecule has 0 bridgehead atoms. The van der Waals surface area contributed by atoms with Crippen LogP contribution in [0.2, 0.25) is 0 Å². The molecule has 0 aliphatic carbocycles. The molecule has 0 aromatic carbocycles. The molecule has 0 saturated heterocycles. The molecule has 320 valence electrons. The summed E-state index contributed by atoms with van der Waals surface area (Å²) in [5, 5.41) is 11.0. The zero-order valence-electron chi connectivity index (χ0n) is 32.8. The second kappa shape index (κ2) is 43.7. The van der Waals surface area contributed by atoms with Gasteiger partial charge in [-0.1, -0.05) is 26.7 Å². The molecule has 0 spiro atoms. The van der Waals surface area contributed by atoms with E-state index in [2.05, 4.69) is 17.0 Å². The zero-order chi connectivity index (χ0) is 39.4. The number of nitrogens with one attached hydrogen (secondary N) is 1. The highest BCUT2D eigenvalue weighted by molar-refractivity contribution is 5.77. The molecular weight excluding hydrogens is 718 g/mol. The minimum absolute atomic E-state index is 0.0129. The lowest BCUT2D eigenvalue weighted by atomic mass is 10.00. The van der Waals surface area contributed by atoms with Gasteiger partial charge in [0.25, 0.3) is 0 Å². The molecule has 54 heavy (non-hydrogen) atoms. The van der Waals surface area contributed by atoms with Crippen molar-refractivity contribution in [2.75, 3.05) is 172 Å². The normalized spacial score (nSPS) is 11.9. The summed E-state index contributed by atoms with van der Waals surface area (Å²) in [6, 6.07) is 0. The van der Waals surface area contributed by atoms with Crippen molar-refractivity contribution in [1.82, 2.24) is 5.32 Å². The van der Waals surface area contributed by atoms with Crippen molar-refractivity contribution in [2.24, 2.45) is 5.92 Å². The summed E-state index contributed by atoms with van der Waals surface area (Å²) in [6.07, 6.45) is 3.80. The lowest BCUT2D eigenvalue weighted by Gasteiger charge is -2.13. The number of ether oxygens (including phenoxy) is 13. The minimum atomic E-state index is -1.13. The van der Waals surface area contributed by atoms with Crippen LogP contribution < -0.4 is 5.32 Å². The fraction of sp³-hybridized carbons (Fsp3) is 0.917. The monoisotopic (exact) mass is 787 g/mol. The number of hydrogen-bond donors (Lipinski definition) is 2. The van der Waals surface area contributed by atoms with E-state index in [1.165, 1.54) is 0 Å². The maximum absolute atomic E-state index is 12.0. The number of hydrogen-bond acceptors (Lipinski definition) is 16. The third kappa shape index (κ3) is 41.1. The van der Waals surface area contributed by atoms with E-state index in [9.17, 15) is 14.4 Å². The first kappa shape index (κ1) is 51.9. The van der Waals surface area contributed by atoms with E-state index in [1.54, 1.807) is 0 Å². The molecule has 1 unspecified atom stereocenters. The average molecular weight is 788 g/mol. The van der Waals surface area contributed by atoms with E-state index >= 15 is 0 Å². The number of amides is 1. The Hall–Kier alpha value is -2.07. The highest BCUT2D eigenvalue weighted by Crippen LogP contribution is 2.14. The summed E-state index contributed by atoms with van der Waals surface area (Å²) in [7, 11) is 0. The van der Waals surface area contributed by atoms with Crippen molar-refractivity contribution in [3.63, 3.8) is 0 Å².